The molecule has 3 unspecified atom stereocenters. The highest BCUT2D eigenvalue weighted by atomic mass is 127. The number of aliphatic imine (C=N–C) groups is 3. The molecule has 1 saturated heterocycles. The number of carboxylic acids is 2. The van der Waals surface area contributed by atoms with Crippen LogP contribution >= 0.6 is 58.3 Å². The Hall–Kier alpha value is -5.88. The molecule has 4 aliphatic heterocycles. The summed E-state index contributed by atoms with van der Waals surface area (Å²) >= 11 is 9.83. The molecule has 1 amide bonds. The zero-order valence-corrected chi connectivity index (χ0v) is 49.4. The van der Waals surface area contributed by atoms with Crippen LogP contribution in [-0.2, 0) is 4.74 Å². The van der Waals surface area contributed by atoms with E-state index in [0.29, 0.717) is 62.1 Å². The minimum Gasteiger partial charge on any atom is -0.508 e. The number of amides is 1. The van der Waals surface area contributed by atoms with Gasteiger partial charge in [0.2, 0.25) is 0 Å². The van der Waals surface area contributed by atoms with Crippen molar-refractivity contribution >= 4 is 109 Å². The third kappa shape index (κ3) is 34.0. The topological polar surface area (TPSA) is 462 Å². The van der Waals surface area contributed by atoms with Crippen molar-refractivity contribution in [2.75, 3.05) is 93.9 Å². The van der Waals surface area contributed by atoms with Gasteiger partial charge in [-0.2, -0.15) is 0 Å². The van der Waals surface area contributed by atoms with Gasteiger partial charge in [0.15, 0.2) is 21.4 Å². The number of carbonyl (C=O) groups excluding carboxylic acids is 1. The van der Waals surface area contributed by atoms with Crippen LogP contribution < -0.4 is 43.8 Å². The number of aliphatic hydroxyl groups is 5. The van der Waals surface area contributed by atoms with Crippen LogP contribution in [0.15, 0.2) is 69.6 Å². The van der Waals surface area contributed by atoms with E-state index in [0.717, 1.165) is 40.7 Å². The molecule has 444 valence electrons. The van der Waals surface area contributed by atoms with Gasteiger partial charge in [-0.1, -0.05) is 46.1 Å². The predicted octanol–water partition coefficient (Wildman–Crippen LogP) is 1.03. The van der Waals surface area contributed by atoms with Gasteiger partial charge in [0.1, 0.15) is 28.6 Å². The number of nitrogens with two attached hydrogens (primary N) is 3. The minimum atomic E-state index is -1.18. The van der Waals surface area contributed by atoms with Crippen LogP contribution in [0.2, 0.25) is 0 Å². The number of alkyl halides is 1. The van der Waals surface area contributed by atoms with Crippen molar-refractivity contribution in [1.29, 1.82) is 0 Å². The first-order valence-electron chi connectivity index (χ1n) is 23.6. The molecule has 0 spiro atoms. The number of phenols is 4. The molecule has 22 N–H and O–H groups in total. The molecule has 3 aromatic rings. The van der Waals surface area contributed by atoms with E-state index in [9.17, 15) is 29.7 Å². The number of aromatic hydroxyl groups is 4. The number of aliphatic hydroxyl groups excluding tert-OH is 5. The SMILES string of the molecule is CI.CSC1=NCC(O)CN1.CSC1=NCC(O)CN1C(=O)OC(C)(C)C.Cc1cc(O)cc(NC2=NCC(O)CN2)c1.NCC(O)CN.Nc1cc(O)cc(C(=O)O)c1.O=C(O)c1cc(O)cc(O)c1.OC1CNC(=S)NC1. The summed E-state index contributed by atoms with van der Waals surface area (Å²) in [4.78, 5) is 48.1. The van der Waals surface area contributed by atoms with Crippen molar-refractivity contribution in [2.45, 2.75) is 63.8 Å². The van der Waals surface area contributed by atoms with E-state index in [1.165, 1.54) is 28.8 Å². The summed E-state index contributed by atoms with van der Waals surface area (Å²) in [6.07, 6.45) is 1.23. The smallest absolute Gasteiger partial charge is 0.416 e. The Balaban J connectivity index is 0.000000913. The molecule has 1 fully saturated rings. The fourth-order valence-electron chi connectivity index (χ4n) is 5.63. The fourth-order valence-corrected chi connectivity index (χ4v) is 6.80. The lowest BCUT2D eigenvalue weighted by Crippen LogP contribution is -2.50. The van der Waals surface area contributed by atoms with Crippen molar-refractivity contribution < 1.29 is 75.3 Å². The number of amidine groups is 2. The van der Waals surface area contributed by atoms with Crippen LogP contribution in [0, 0.1) is 6.92 Å². The number of aromatic carboxylic acids is 2. The molecule has 4 heterocycles. The molecular formula is C48H77IN12O15S3. The quantitative estimate of drug-likeness (QED) is 0.0734. The monoisotopic (exact) mass is 1280 g/mol. The highest BCUT2D eigenvalue weighted by Gasteiger charge is 2.30. The van der Waals surface area contributed by atoms with Crippen molar-refractivity contribution in [2.24, 2.45) is 26.4 Å². The number of hydrogen-bond donors (Lipinski definition) is 19. The van der Waals surface area contributed by atoms with Crippen LogP contribution in [-0.4, -0.2) is 220 Å². The molecule has 4 aliphatic rings. The van der Waals surface area contributed by atoms with E-state index in [1.54, 1.807) is 44.7 Å². The number of benzene rings is 3. The van der Waals surface area contributed by atoms with Gasteiger partial charge in [-0.25, -0.2) is 14.4 Å². The number of carbonyl (C=O) groups is 3. The summed E-state index contributed by atoms with van der Waals surface area (Å²) in [5.41, 5.74) is 16.5. The van der Waals surface area contributed by atoms with Gasteiger partial charge in [-0.05, 0) is 99.3 Å². The fraction of sp³-hybridized carbons (Fsp3) is 0.479. The minimum absolute atomic E-state index is 0.0116. The number of thiocarbonyl (C=S) groups is 1. The molecule has 0 aliphatic carbocycles. The molecule has 7 rings (SSSR count). The van der Waals surface area contributed by atoms with E-state index >= 15 is 0 Å². The molecule has 31 heteroatoms. The number of phenolic OH excluding ortho intramolecular Hbond substituents is 4. The third-order valence-electron chi connectivity index (χ3n) is 9.15. The Labute approximate surface area is 486 Å². The number of hydrogen-bond acceptors (Lipinski definition) is 25. The number of thioether (sulfide) groups is 2. The average Bonchev–Trinajstić information content (AvgIpc) is 3.38. The lowest BCUT2D eigenvalue weighted by atomic mass is 10.2. The number of halogens is 1. The van der Waals surface area contributed by atoms with Crippen LogP contribution in [0.5, 0.6) is 23.0 Å². The second-order valence-electron chi connectivity index (χ2n) is 17.4. The van der Waals surface area contributed by atoms with Crippen LogP contribution in [0.4, 0.5) is 16.2 Å². The molecule has 3 aromatic carbocycles. The molecular weight excluding hydrogens is 1210 g/mol. The zero-order valence-electron chi connectivity index (χ0n) is 44.8. The van der Waals surface area contributed by atoms with E-state index in [2.05, 4.69) is 64.2 Å². The maximum Gasteiger partial charge on any atom is 0.416 e. The first-order valence-corrected chi connectivity index (χ1v) is 28.7. The summed E-state index contributed by atoms with van der Waals surface area (Å²) in [7, 11) is 0. The number of nitrogens with one attached hydrogen (secondary N) is 5. The Bertz CT molecular complexity index is 2310. The van der Waals surface area contributed by atoms with Crippen LogP contribution in [0.3, 0.4) is 0 Å². The lowest BCUT2D eigenvalue weighted by Gasteiger charge is -2.31. The third-order valence-corrected chi connectivity index (χ3v) is 10.8. The summed E-state index contributed by atoms with van der Waals surface area (Å²) in [5, 5.41) is 115. The van der Waals surface area contributed by atoms with Crippen molar-refractivity contribution in [3.8, 4) is 23.0 Å². The Morgan fingerprint density at radius 1 is 0.722 bits per heavy atom. The van der Waals surface area contributed by atoms with Crippen molar-refractivity contribution in [1.82, 2.24) is 26.2 Å². The number of ether oxygens (including phenoxy) is 1. The summed E-state index contributed by atoms with van der Waals surface area (Å²) in [5.74, 6) is -2.11. The van der Waals surface area contributed by atoms with Gasteiger partial charge in [-0.15, -0.1) is 0 Å². The number of guanidine groups is 1. The number of nitrogen functional groups attached to an aromatic ring is 1. The predicted molar refractivity (Wildman–Crippen MR) is 322 cm³/mol. The number of β-amino-alcohol motifs (C(OH)–C–C–N with tert-alkyl or cyclic N) is 4. The van der Waals surface area contributed by atoms with Gasteiger partial charge in [0, 0.05) is 68.8 Å². The normalized spacial score (nSPS) is 17.2. The Kier molecular flexibility index (Phi) is 36.5. The Morgan fingerprint density at radius 2 is 1.20 bits per heavy atom. The second kappa shape index (κ2) is 39.5. The molecule has 0 bridgehead atoms. The van der Waals surface area contributed by atoms with E-state index in [-0.39, 0.29) is 71.7 Å². The summed E-state index contributed by atoms with van der Waals surface area (Å²) in [6.45, 7) is 11.7. The second-order valence-corrected chi connectivity index (χ2v) is 19.4. The molecule has 0 radical (unpaired) electrons. The van der Waals surface area contributed by atoms with Crippen LogP contribution in [0.1, 0.15) is 47.1 Å². The van der Waals surface area contributed by atoms with Gasteiger partial charge < -0.3 is 105 Å². The number of anilines is 2. The number of aryl methyl sites for hydroxylation is 1. The molecule has 0 saturated carbocycles. The zero-order chi connectivity index (χ0) is 60.4. The standard InChI is InChI=1S/C11H15N3O2.C10H18N2O3S.C7H7NO3.C7H6O4.C5H10N2OS.C4H8N2OS.C3H10N2O.CH3I/c1-7-2-8(4-9(15)3-7)14-11-12-5-10(16)6-13-11;1-10(2,3)15-9(14)12-6-7(13)5-11-8(12)16-4;2*8-5-1-4(7(10)11)2-6(9)3-5;1-9-5-6-2-4(8)3-7-5;7-3-1-5-4(8)6-2-3;4-1-3(6)2-5;1-2/h2-4,10,15-16H,5-6H2,1H3,(H2,12,13,14);7,13H,5-6H2,1-4H3;1-3,9H,8H2,(H,10,11);1-3,8-9H,(H,10,11);4,8H,2-3H2,1H3,(H,6,7);3,7H,1-2H2,(H2,5,6,8);3,6H,1-2,4-5H2;1H3. The maximum atomic E-state index is 11.8. The maximum absolute atomic E-state index is 11.8. The van der Waals surface area contributed by atoms with Gasteiger partial charge in [0.05, 0.1) is 67.8 Å². The van der Waals surface area contributed by atoms with Gasteiger partial charge in [0.25, 0.3) is 0 Å². The molecule has 0 aromatic heterocycles. The first kappa shape index (κ1) is 73.1. The number of carboxylic acid groups (broad SMARTS) is 2. The largest absolute Gasteiger partial charge is 0.508 e. The summed E-state index contributed by atoms with van der Waals surface area (Å²) in [6, 6.07) is 12.1. The highest BCUT2D eigenvalue weighted by Crippen LogP contribution is 2.21. The average molecular weight is 1290 g/mol. The van der Waals surface area contributed by atoms with E-state index in [1.807, 2.05) is 30.4 Å². The van der Waals surface area contributed by atoms with Crippen molar-refractivity contribution in [3.63, 3.8) is 0 Å². The molecule has 27 nitrogen and oxygen atoms in total. The van der Waals surface area contributed by atoms with E-state index in [4.69, 9.17) is 75.0 Å². The van der Waals surface area contributed by atoms with Gasteiger partial charge in [-0.3, -0.25) is 19.9 Å². The Morgan fingerprint density at radius 3 is 1.61 bits per heavy atom. The van der Waals surface area contributed by atoms with E-state index < -0.39 is 41.9 Å². The number of nitrogens with zero attached hydrogens (tertiary/aromatic N) is 4. The van der Waals surface area contributed by atoms with Gasteiger partial charge >= 0.3 is 18.0 Å². The first-order chi connectivity index (χ1) is 37.1. The molecule has 79 heavy (non-hydrogen) atoms. The lowest BCUT2D eigenvalue weighted by molar-refractivity contribution is 0.0288. The molecule has 3 atom stereocenters. The van der Waals surface area contributed by atoms with Crippen LogP contribution in [0.25, 0.3) is 0 Å². The number of rotatable bonds is 5. The summed E-state index contributed by atoms with van der Waals surface area (Å²) < 4.78 is 5.24. The van der Waals surface area contributed by atoms with Crippen molar-refractivity contribution in [3.05, 3.63) is 71.3 Å². The highest BCUT2D eigenvalue weighted by molar-refractivity contribution is 14.1.